The Labute approximate surface area is 213 Å². The van der Waals surface area contributed by atoms with Crippen LogP contribution in [-0.4, -0.2) is 78.6 Å². The van der Waals surface area contributed by atoms with E-state index in [1.807, 2.05) is 30.3 Å². The second-order valence-electron chi connectivity index (χ2n) is 11.0. The summed E-state index contributed by atoms with van der Waals surface area (Å²) in [6.07, 6.45) is 8.01. The molecule has 0 spiro atoms. The number of nitrogens with zero attached hydrogens (tertiary/aromatic N) is 3. The van der Waals surface area contributed by atoms with Crippen LogP contribution in [0.2, 0.25) is 0 Å². The molecule has 4 rings (SSSR count). The fourth-order valence-corrected chi connectivity index (χ4v) is 5.44. The van der Waals surface area contributed by atoms with Crippen LogP contribution in [-0.2, 0) is 9.53 Å². The molecular formula is C28H39FN4O3. The molecule has 7 nitrogen and oxygen atoms in total. The Morgan fingerprint density at radius 1 is 1.14 bits per heavy atom. The van der Waals surface area contributed by atoms with Crippen molar-refractivity contribution in [3.63, 3.8) is 0 Å². The van der Waals surface area contributed by atoms with Crippen LogP contribution in [0.4, 0.5) is 4.39 Å². The number of benzene rings is 1. The highest BCUT2D eigenvalue weighted by molar-refractivity contribution is 5.95. The number of likely N-dealkylation sites (tertiary alicyclic amines) is 2. The summed E-state index contributed by atoms with van der Waals surface area (Å²) in [6.45, 7) is 7.49. The quantitative estimate of drug-likeness (QED) is 0.592. The lowest BCUT2D eigenvalue weighted by molar-refractivity contribution is -0.118. The molecule has 2 atom stereocenters. The highest BCUT2D eigenvalue weighted by atomic mass is 19.1. The summed E-state index contributed by atoms with van der Waals surface area (Å²) in [7, 11) is 0. The number of rotatable bonds is 8. The fraction of sp³-hybridized carbons (Fsp3) is 0.607. The van der Waals surface area contributed by atoms with Gasteiger partial charge in [-0.25, -0.2) is 4.39 Å². The molecule has 1 unspecified atom stereocenters. The van der Waals surface area contributed by atoms with Gasteiger partial charge in [0.2, 0.25) is 11.8 Å². The van der Waals surface area contributed by atoms with Crippen LogP contribution in [0.5, 0.6) is 0 Å². The molecule has 3 aliphatic rings. The number of piperidine rings is 1. The zero-order valence-electron chi connectivity index (χ0n) is 21.5. The monoisotopic (exact) mass is 498 g/mol. The summed E-state index contributed by atoms with van der Waals surface area (Å²) in [5.74, 6) is 0.868. The molecule has 1 aromatic rings. The van der Waals surface area contributed by atoms with Crippen molar-refractivity contribution in [3.05, 3.63) is 47.5 Å². The van der Waals surface area contributed by atoms with E-state index in [0.717, 1.165) is 44.3 Å². The molecule has 1 aromatic carbocycles. The highest BCUT2D eigenvalue weighted by Crippen LogP contribution is 2.26. The van der Waals surface area contributed by atoms with Crippen molar-refractivity contribution in [3.8, 4) is 0 Å². The van der Waals surface area contributed by atoms with Gasteiger partial charge in [-0.3, -0.25) is 14.6 Å². The van der Waals surface area contributed by atoms with E-state index in [9.17, 15) is 14.0 Å². The van der Waals surface area contributed by atoms with Crippen molar-refractivity contribution in [2.24, 2.45) is 16.6 Å². The first-order valence-corrected chi connectivity index (χ1v) is 13.1. The number of nitrogens with two attached hydrogens (primary N) is 1. The molecule has 2 saturated heterocycles. The summed E-state index contributed by atoms with van der Waals surface area (Å²) in [6, 6.07) is 7.58. The molecule has 3 aliphatic heterocycles. The molecule has 0 radical (unpaired) electrons. The first kappa shape index (κ1) is 26.3. The predicted molar refractivity (Wildman–Crippen MR) is 139 cm³/mol. The van der Waals surface area contributed by atoms with Crippen LogP contribution in [0, 0.1) is 5.92 Å². The Kier molecular flexibility index (Phi) is 8.44. The van der Waals surface area contributed by atoms with Gasteiger partial charge in [-0.05, 0) is 82.3 Å². The van der Waals surface area contributed by atoms with Crippen molar-refractivity contribution >= 4 is 17.7 Å². The summed E-state index contributed by atoms with van der Waals surface area (Å²) >= 11 is 0. The third-order valence-electron chi connectivity index (χ3n) is 7.35. The van der Waals surface area contributed by atoms with E-state index in [1.165, 1.54) is 0 Å². The van der Waals surface area contributed by atoms with Gasteiger partial charge in [0.15, 0.2) is 0 Å². The van der Waals surface area contributed by atoms with Crippen LogP contribution >= 0.6 is 0 Å². The second-order valence-corrected chi connectivity index (χ2v) is 11.0. The minimum atomic E-state index is -1.15. The Morgan fingerprint density at radius 2 is 1.86 bits per heavy atom. The molecule has 2 fully saturated rings. The predicted octanol–water partition coefficient (Wildman–Crippen LogP) is 3.70. The van der Waals surface area contributed by atoms with Crippen LogP contribution in [0.25, 0.3) is 0 Å². The maximum atomic E-state index is 13.9. The van der Waals surface area contributed by atoms with Crippen LogP contribution in [0.15, 0.2) is 41.4 Å². The lowest BCUT2D eigenvalue weighted by Gasteiger charge is -2.34. The number of ether oxygens (including phenoxy) is 1. The Bertz CT molecular complexity index is 978. The Morgan fingerprint density at radius 3 is 2.47 bits per heavy atom. The number of carbonyl (C=O) groups excluding carboxylic acids is 2. The van der Waals surface area contributed by atoms with Crippen LogP contribution < -0.4 is 5.73 Å². The van der Waals surface area contributed by atoms with Gasteiger partial charge < -0.3 is 20.3 Å². The molecule has 0 aliphatic carbocycles. The van der Waals surface area contributed by atoms with Crippen molar-refractivity contribution in [1.82, 2.24) is 9.80 Å². The topological polar surface area (TPSA) is 88.2 Å². The van der Waals surface area contributed by atoms with Gasteiger partial charge in [0.05, 0.1) is 13.2 Å². The van der Waals surface area contributed by atoms with Gasteiger partial charge in [0.1, 0.15) is 5.67 Å². The molecule has 3 heterocycles. The van der Waals surface area contributed by atoms with Crippen LogP contribution in [0.3, 0.4) is 0 Å². The molecule has 0 bridgehead atoms. The molecule has 36 heavy (non-hydrogen) atoms. The average Bonchev–Trinajstić information content (AvgIpc) is 3.30. The van der Waals surface area contributed by atoms with Crippen molar-refractivity contribution in [1.29, 1.82) is 0 Å². The number of carbonyl (C=O) groups is 2. The number of aliphatic imine (C=N–C) groups is 1. The van der Waals surface area contributed by atoms with Gasteiger partial charge >= 0.3 is 0 Å². The molecule has 0 saturated carbocycles. The lowest BCUT2D eigenvalue weighted by Crippen LogP contribution is -2.41. The van der Waals surface area contributed by atoms with Gasteiger partial charge in [-0.15, -0.1) is 0 Å². The Balaban J connectivity index is 1.23. The fourth-order valence-electron chi connectivity index (χ4n) is 5.44. The summed E-state index contributed by atoms with van der Waals surface area (Å²) in [5, 5.41) is 0. The molecule has 196 valence electrons. The number of hydrogen-bond donors (Lipinski definition) is 1. The average molecular weight is 499 g/mol. The Hall–Kier alpha value is -2.74. The van der Waals surface area contributed by atoms with Crippen LogP contribution in [0.1, 0.15) is 67.8 Å². The van der Waals surface area contributed by atoms with E-state index in [4.69, 9.17) is 10.5 Å². The number of hydrogen-bond acceptors (Lipinski definition) is 5. The largest absolute Gasteiger partial charge is 0.478 e. The highest BCUT2D eigenvalue weighted by Gasteiger charge is 2.30. The minimum Gasteiger partial charge on any atom is -0.478 e. The van der Waals surface area contributed by atoms with Crippen molar-refractivity contribution in [2.75, 3.05) is 39.3 Å². The van der Waals surface area contributed by atoms with Crippen molar-refractivity contribution in [2.45, 2.75) is 63.6 Å². The third-order valence-corrected chi connectivity index (χ3v) is 7.35. The van der Waals surface area contributed by atoms with Gasteiger partial charge in [0.25, 0.3) is 5.91 Å². The van der Waals surface area contributed by atoms with E-state index in [-0.39, 0.29) is 30.2 Å². The van der Waals surface area contributed by atoms with E-state index >= 15 is 0 Å². The summed E-state index contributed by atoms with van der Waals surface area (Å²) < 4.78 is 19.8. The standard InChI is InChI=1S/C28H39FN4O3/c1-28(2,29)19-32-14-11-20(12-15-32)18-36-26-10-9-23(17-31-26)21-5-7-22(8-6-21)27(35)33-13-3-4-24(33)16-25(30)34/h5-10,20,23-24H,3-4,11-19H2,1-2H3,(H2,30,34)/t23?,24-/m0/s1. The van der Waals surface area contributed by atoms with Gasteiger partial charge in [-0.1, -0.05) is 18.2 Å². The normalized spacial score (nSPS) is 23.5. The minimum absolute atomic E-state index is 0.0440. The summed E-state index contributed by atoms with van der Waals surface area (Å²) in [4.78, 5) is 32.9. The maximum absolute atomic E-state index is 13.9. The SMILES string of the molecule is CC(C)(F)CN1CCC(COC2=NCC(c3ccc(C(=O)N4CCC[C@H]4CC(N)=O)cc3)C=C2)CC1. The number of dihydropyridines is 1. The first-order chi connectivity index (χ1) is 17.2. The van der Waals surface area contributed by atoms with E-state index in [1.54, 1.807) is 18.7 Å². The molecule has 8 heteroatoms. The molecule has 2 N–H and O–H groups in total. The summed E-state index contributed by atoms with van der Waals surface area (Å²) in [5.41, 5.74) is 5.93. The van der Waals surface area contributed by atoms with E-state index in [0.29, 0.717) is 43.6 Å². The zero-order valence-corrected chi connectivity index (χ0v) is 21.5. The molecule has 0 aromatic heterocycles. The lowest BCUT2D eigenvalue weighted by atomic mass is 9.95. The van der Waals surface area contributed by atoms with Gasteiger partial charge in [-0.2, -0.15) is 0 Å². The second kappa shape index (κ2) is 11.5. The number of primary amides is 1. The first-order valence-electron chi connectivity index (χ1n) is 13.1. The molecular weight excluding hydrogens is 459 g/mol. The third kappa shape index (κ3) is 7.15. The molecule has 2 amide bonds. The number of alkyl halides is 1. The van der Waals surface area contributed by atoms with E-state index in [2.05, 4.69) is 16.0 Å². The maximum Gasteiger partial charge on any atom is 0.254 e. The smallest absolute Gasteiger partial charge is 0.254 e. The van der Waals surface area contributed by atoms with E-state index < -0.39 is 5.67 Å². The number of halogens is 1. The number of amides is 2. The zero-order chi connectivity index (χ0) is 25.7. The van der Waals surface area contributed by atoms with Gasteiger partial charge in [0, 0.05) is 37.0 Å². The van der Waals surface area contributed by atoms with Crippen molar-refractivity contribution < 1.29 is 18.7 Å².